The summed E-state index contributed by atoms with van der Waals surface area (Å²) < 4.78 is 16.2. The van der Waals surface area contributed by atoms with E-state index in [1.165, 1.54) is 6.07 Å². The molecule has 0 aliphatic rings. The third-order valence-corrected chi connectivity index (χ3v) is 3.67. The molecule has 0 saturated carbocycles. The number of carbonyl (C=O) groups is 2. The summed E-state index contributed by atoms with van der Waals surface area (Å²) >= 11 is 3.09. The van der Waals surface area contributed by atoms with Crippen LogP contribution in [0.5, 0.6) is 11.5 Å². The second kappa shape index (κ2) is 8.35. The fourth-order valence-corrected chi connectivity index (χ4v) is 2.39. The van der Waals surface area contributed by atoms with Crippen LogP contribution in [0.15, 0.2) is 75.8 Å². The monoisotopic (exact) mass is 415 g/mol. The summed E-state index contributed by atoms with van der Waals surface area (Å²) in [6.07, 6.45) is 0. The molecule has 7 heteroatoms. The lowest BCUT2D eigenvalue weighted by atomic mass is 10.3. The molecule has 26 heavy (non-hydrogen) atoms. The Morgan fingerprint density at radius 1 is 0.962 bits per heavy atom. The lowest BCUT2D eigenvalue weighted by Gasteiger charge is -2.12. The number of hydrogen-bond donors (Lipinski definition) is 1. The Morgan fingerprint density at radius 3 is 2.42 bits per heavy atom. The standard InChI is InChI=1S/C19H14BrNO5/c20-17-11-10-16(26-17)19(23)24-12-18(22)21-14-8-4-5-9-15(14)25-13-6-2-1-3-7-13/h1-11H,12H2,(H,21,22). The van der Waals surface area contributed by atoms with Gasteiger partial charge in [-0.1, -0.05) is 30.3 Å². The van der Waals surface area contributed by atoms with Crippen LogP contribution in [-0.2, 0) is 9.53 Å². The van der Waals surface area contributed by atoms with Gasteiger partial charge in [-0.05, 0) is 52.3 Å². The molecule has 0 unspecified atom stereocenters. The number of rotatable bonds is 6. The van der Waals surface area contributed by atoms with Gasteiger partial charge in [0.2, 0.25) is 5.76 Å². The Hall–Kier alpha value is -3.06. The predicted octanol–water partition coefficient (Wildman–Crippen LogP) is 4.63. The van der Waals surface area contributed by atoms with Gasteiger partial charge in [0, 0.05) is 0 Å². The average Bonchev–Trinajstić information content (AvgIpc) is 3.09. The zero-order chi connectivity index (χ0) is 18.4. The van der Waals surface area contributed by atoms with Crippen molar-refractivity contribution in [2.75, 3.05) is 11.9 Å². The minimum Gasteiger partial charge on any atom is -0.455 e. The van der Waals surface area contributed by atoms with E-state index in [-0.39, 0.29) is 5.76 Å². The van der Waals surface area contributed by atoms with Crippen molar-refractivity contribution in [1.82, 2.24) is 0 Å². The molecule has 3 aromatic rings. The summed E-state index contributed by atoms with van der Waals surface area (Å²) in [5, 5.41) is 2.66. The number of amides is 1. The van der Waals surface area contributed by atoms with Crippen LogP contribution >= 0.6 is 15.9 Å². The molecule has 3 rings (SSSR count). The van der Waals surface area contributed by atoms with E-state index in [9.17, 15) is 9.59 Å². The van der Waals surface area contributed by atoms with Crippen LogP contribution in [0.1, 0.15) is 10.6 Å². The fourth-order valence-electron chi connectivity index (χ4n) is 2.09. The van der Waals surface area contributed by atoms with Crippen LogP contribution in [0.3, 0.4) is 0 Å². The third-order valence-electron chi connectivity index (χ3n) is 3.24. The maximum Gasteiger partial charge on any atom is 0.374 e. The number of para-hydroxylation sites is 3. The Bertz CT molecular complexity index is 907. The van der Waals surface area contributed by atoms with Gasteiger partial charge in [0.05, 0.1) is 5.69 Å². The van der Waals surface area contributed by atoms with Crippen molar-refractivity contribution in [3.05, 3.63) is 77.2 Å². The quantitative estimate of drug-likeness (QED) is 0.593. The first-order chi connectivity index (χ1) is 12.6. The normalized spacial score (nSPS) is 10.2. The Labute approximate surface area is 157 Å². The smallest absolute Gasteiger partial charge is 0.374 e. The van der Waals surface area contributed by atoms with E-state index in [2.05, 4.69) is 21.2 Å². The highest BCUT2D eigenvalue weighted by atomic mass is 79.9. The van der Waals surface area contributed by atoms with E-state index in [0.29, 0.717) is 21.9 Å². The highest BCUT2D eigenvalue weighted by Gasteiger charge is 2.15. The molecule has 132 valence electrons. The van der Waals surface area contributed by atoms with Crippen molar-refractivity contribution < 1.29 is 23.5 Å². The molecule has 1 N–H and O–H groups in total. The summed E-state index contributed by atoms with van der Waals surface area (Å²) in [4.78, 5) is 23.9. The minimum absolute atomic E-state index is 0.0116. The summed E-state index contributed by atoms with van der Waals surface area (Å²) in [6.45, 7) is -0.448. The molecule has 0 aliphatic carbocycles. The van der Waals surface area contributed by atoms with Crippen LogP contribution in [0.25, 0.3) is 0 Å². The van der Waals surface area contributed by atoms with Gasteiger partial charge in [0.25, 0.3) is 5.91 Å². The molecule has 1 amide bonds. The molecule has 2 aromatic carbocycles. The SMILES string of the molecule is O=C(COC(=O)c1ccc(Br)o1)Nc1ccccc1Oc1ccccc1. The van der Waals surface area contributed by atoms with Crippen LogP contribution in [0.4, 0.5) is 5.69 Å². The predicted molar refractivity (Wildman–Crippen MR) is 98.3 cm³/mol. The van der Waals surface area contributed by atoms with Gasteiger partial charge >= 0.3 is 5.97 Å². The molecule has 0 fully saturated rings. The van der Waals surface area contributed by atoms with Crippen molar-refractivity contribution in [1.29, 1.82) is 0 Å². The van der Waals surface area contributed by atoms with Gasteiger partial charge in [0.15, 0.2) is 17.0 Å². The van der Waals surface area contributed by atoms with Crippen LogP contribution in [0, 0.1) is 0 Å². The van der Waals surface area contributed by atoms with Crippen molar-refractivity contribution in [2.45, 2.75) is 0 Å². The summed E-state index contributed by atoms with van der Waals surface area (Å²) in [6, 6.07) is 19.2. The topological polar surface area (TPSA) is 77.8 Å². The average molecular weight is 416 g/mol. The number of carbonyl (C=O) groups excluding carboxylic acids is 2. The summed E-state index contributed by atoms with van der Waals surface area (Å²) in [7, 11) is 0. The van der Waals surface area contributed by atoms with E-state index in [4.69, 9.17) is 13.9 Å². The lowest BCUT2D eigenvalue weighted by molar-refractivity contribution is -0.119. The Kier molecular flexibility index (Phi) is 5.70. The highest BCUT2D eigenvalue weighted by molar-refractivity contribution is 9.10. The van der Waals surface area contributed by atoms with E-state index in [0.717, 1.165) is 0 Å². The van der Waals surface area contributed by atoms with E-state index >= 15 is 0 Å². The summed E-state index contributed by atoms with van der Waals surface area (Å²) in [5.74, 6) is -0.0809. The number of furan rings is 1. The highest BCUT2D eigenvalue weighted by Crippen LogP contribution is 2.29. The van der Waals surface area contributed by atoms with E-state index < -0.39 is 18.5 Å². The molecule has 0 radical (unpaired) electrons. The number of nitrogens with one attached hydrogen (secondary N) is 1. The van der Waals surface area contributed by atoms with Gasteiger partial charge in [-0.25, -0.2) is 4.79 Å². The second-order valence-electron chi connectivity index (χ2n) is 5.14. The van der Waals surface area contributed by atoms with Crippen molar-refractivity contribution in [2.24, 2.45) is 0 Å². The molecule has 0 spiro atoms. The van der Waals surface area contributed by atoms with Crippen LogP contribution in [-0.4, -0.2) is 18.5 Å². The number of ether oxygens (including phenoxy) is 2. The molecule has 0 bridgehead atoms. The van der Waals surface area contributed by atoms with Gasteiger partial charge in [-0.2, -0.15) is 0 Å². The molecular weight excluding hydrogens is 402 g/mol. The first kappa shape index (κ1) is 17.8. The van der Waals surface area contributed by atoms with Crippen molar-refractivity contribution in [3.63, 3.8) is 0 Å². The molecular formula is C19H14BrNO5. The molecule has 1 heterocycles. The lowest BCUT2D eigenvalue weighted by Crippen LogP contribution is -2.21. The minimum atomic E-state index is -0.723. The molecule has 0 atom stereocenters. The molecule has 1 aromatic heterocycles. The molecule has 0 saturated heterocycles. The van der Waals surface area contributed by atoms with E-state index in [1.807, 2.05) is 30.3 Å². The molecule has 6 nitrogen and oxygen atoms in total. The third kappa shape index (κ3) is 4.73. The number of benzene rings is 2. The maximum absolute atomic E-state index is 12.1. The summed E-state index contributed by atoms with van der Waals surface area (Å²) in [5.41, 5.74) is 0.471. The van der Waals surface area contributed by atoms with Gasteiger partial charge < -0.3 is 19.2 Å². The molecule has 0 aliphatic heterocycles. The van der Waals surface area contributed by atoms with Crippen LogP contribution < -0.4 is 10.1 Å². The van der Waals surface area contributed by atoms with Gasteiger partial charge in [-0.15, -0.1) is 0 Å². The largest absolute Gasteiger partial charge is 0.455 e. The van der Waals surface area contributed by atoms with E-state index in [1.54, 1.807) is 30.3 Å². The number of anilines is 1. The zero-order valence-electron chi connectivity index (χ0n) is 13.5. The fraction of sp³-hybridized carbons (Fsp3) is 0.0526. The van der Waals surface area contributed by atoms with Crippen molar-refractivity contribution >= 4 is 33.5 Å². The maximum atomic E-state index is 12.1. The first-order valence-corrected chi connectivity index (χ1v) is 8.45. The Balaban J connectivity index is 1.60. The van der Waals surface area contributed by atoms with Crippen LogP contribution in [0.2, 0.25) is 0 Å². The number of halogens is 1. The Morgan fingerprint density at radius 2 is 1.69 bits per heavy atom. The van der Waals surface area contributed by atoms with Gasteiger partial charge in [0.1, 0.15) is 5.75 Å². The number of hydrogen-bond acceptors (Lipinski definition) is 5. The van der Waals surface area contributed by atoms with Crippen molar-refractivity contribution in [3.8, 4) is 11.5 Å². The zero-order valence-corrected chi connectivity index (χ0v) is 15.1. The second-order valence-corrected chi connectivity index (χ2v) is 5.92. The first-order valence-electron chi connectivity index (χ1n) is 7.66. The number of esters is 1. The van der Waals surface area contributed by atoms with Gasteiger partial charge in [-0.3, -0.25) is 4.79 Å².